The molecule has 2 aromatic carbocycles. The van der Waals surface area contributed by atoms with Crippen molar-refractivity contribution >= 4 is 23.0 Å². The molecule has 3 heteroatoms. The number of benzene rings is 2. The van der Waals surface area contributed by atoms with Crippen molar-refractivity contribution in [3.63, 3.8) is 0 Å². The SMILES string of the molecule is CN(C)c1cccc(NC2CC(c3ccc(Cl)cc3)C2)c1. The Morgan fingerprint density at radius 3 is 2.43 bits per heavy atom. The Morgan fingerprint density at radius 2 is 1.76 bits per heavy atom. The monoisotopic (exact) mass is 300 g/mol. The summed E-state index contributed by atoms with van der Waals surface area (Å²) in [6.07, 6.45) is 2.38. The number of rotatable bonds is 4. The van der Waals surface area contributed by atoms with Crippen LogP contribution in [0.5, 0.6) is 0 Å². The Balaban J connectivity index is 1.57. The van der Waals surface area contributed by atoms with Gasteiger partial charge in [0, 0.05) is 36.5 Å². The zero-order chi connectivity index (χ0) is 14.8. The van der Waals surface area contributed by atoms with Crippen molar-refractivity contribution in [2.75, 3.05) is 24.3 Å². The van der Waals surface area contributed by atoms with E-state index < -0.39 is 0 Å². The molecule has 2 nitrogen and oxygen atoms in total. The standard InChI is InChI=1S/C18H21ClN2/c1-21(2)18-5-3-4-16(12-18)20-17-10-14(11-17)13-6-8-15(19)9-7-13/h3-9,12,14,17,20H,10-11H2,1-2H3. The van der Waals surface area contributed by atoms with E-state index in [1.807, 2.05) is 12.1 Å². The first-order chi connectivity index (χ1) is 10.1. The molecule has 0 aliphatic heterocycles. The van der Waals surface area contributed by atoms with Crippen LogP contribution < -0.4 is 10.2 Å². The Bertz CT molecular complexity index is 601. The van der Waals surface area contributed by atoms with Gasteiger partial charge < -0.3 is 10.2 Å². The van der Waals surface area contributed by atoms with Gasteiger partial charge in [-0.25, -0.2) is 0 Å². The third kappa shape index (κ3) is 3.33. The number of hydrogen-bond donors (Lipinski definition) is 1. The van der Waals surface area contributed by atoms with E-state index in [9.17, 15) is 0 Å². The third-order valence-corrected chi connectivity index (χ3v) is 4.46. The predicted octanol–water partition coefficient (Wildman–Crippen LogP) is 4.76. The van der Waals surface area contributed by atoms with Crippen LogP contribution in [0, 0.1) is 0 Å². The van der Waals surface area contributed by atoms with Gasteiger partial charge in [-0.15, -0.1) is 0 Å². The summed E-state index contributed by atoms with van der Waals surface area (Å²) >= 11 is 5.94. The number of anilines is 2. The van der Waals surface area contributed by atoms with Crippen LogP contribution in [0.15, 0.2) is 48.5 Å². The first-order valence-corrected chi connectivity index (χ1v) is 7.79. The molecule has 21 heavy (non-hydrogen) atoms. The van der Waals surface area contributed by atoms with E-state index in [1.165, 1.54) is 29.8 Å². The second-order valence-corrected chi connectivity index (χ2v) is 6.44. The fourth-order valence-electron chi connectivity index (χ4n) is 2.85. The molecule has 1 aliphatic rings. The van der Waals surface area contributed by atoms with Gasteiger partial charge >= 0.3 is 0 Å². The second-order valence-electron chi connectivity index (χ2n) is 6.01. The molecule has 110 valence electrons. The van der Waals surface area contributed by atoms with Gasteiger partial charge in [-0.2, -0.15) is 0 Å². The van der Waals surface area contributed by atoms with Crippen molar-refractivity contribution in [2.45, 2.75) is 24.8 Å². The maximum absolute atomic E-state index is 5.94. The summed E-state index contributed by atoms with van der Waals surface area (Å²) in [7, 11) is 4.14. The molecule has 0 atom stereocenters. The van der Waals surface area contributed by atoms with Crippen molar-refractivity contribution in [3.05, 3.63) is 59.1 Å². The minimum atomic E-state index is 0.572. The fourth-order valence-corrected chi connectivity index (χ4v) is 2.98. The van der Waals surface area contributed by atoms with Gasteiger partial charge in [-0.3, -0.25) is 0 Å². The van der Waals surface area contributed by atoms with Gasteiger partial charge in [0.25, 0.3) is 0 Å². The molecule has 1 saturated carbocycles. The number of nitrogens with one attached hydrogen (secondary N) is 1. The molecule has 0 aromatic heterocycles. The average Bonchev–Trinajstić information content (AvgIpc) is 2.44. The lowest BCUT2D eigenvalue weighted by Crippen LogP contribution is -2.34. The fraction of sp³-hybridized carbons (Fsp3) is 0.333. The Labute approximate surface area is 131 Å². The molecule has 0 heterocycles. The van der Waals surface area contributed by atoms with Crippen molar-refractivity contribution < 1.29 is 0 Å². The number of nitrogens with zero attached hydrogens (tertiary/aromatic N) is 1. The second kappa shape index (κ2) is 5.98. The minimum Gasteiger partial charge on any atom is -0.382 e. The first-order valence-electron chi connectivity index (χ1n) is 7.41. The summed E-state index contributed by atoms with van der Waals surface area (Å²) in [5.74, 6) is 0.664. The highest BCUT2D eigenvalue weighted by molar-refractivity contribution is 6.30. The van der Waals surface area contributed by atoms with Crippen LogP contribution in [0.4, 0.5) is 11.4 Å². The molecular formula is C18H21ClN2. The summed E-state index contributed by atoms with van der Waals surface area (Å²) in [6.45, 7) is 0. The zero-order valence-corrected chi connectivity index (χ0v) is 13.3. The van der Waals surface area contributed by atoms with E-state index in [2.05, 4.69) is 60.7 Å². The van der Waals surface area contributed by atoms with E-state index >= 15 is 0 Å². The zero-order valence-electron chi connectivity index (χ0n) is 12.5. The Kier molecular flexibility index (Phi) is 4.07. The van der Waals surface area contributed by atoms with E-state index in [-0.39, 0.29) is 0 Å². The van der Waals surface area contributed by atoms with Crippen molar-refractivity contribution in [2.24, 2.45) is 0 Å². The van der Waals surface area contributed by atoms with Gasteiger partial charge in [0.05, 0.1) is 0 Å². The van der Waals surface area contributed by atoms with Crippen molar-refractivity contribution in [1.29, 1.82) is 0 Å². The van der Waals surface area contributed by atoms with Crippen LogP contribution in [0.1, 0.15) is 24.3 Å². The van der Waals surface area contributed by atoms with Gasteiger partial charge in [0.1, 0.15) is 0 Å². The predicted molar refractivity (Wildman–Crippen MR) is 91.6 cm³/mol. The lowest BCUT2D eigenvalue weighted by molar-refractivity contribution is 0.374. The normalized spacial score (nSPS) is 20.7. The molecule has 3 rings (SSSR count). The van der Waals surface area contributed by atoms with Crippen LogP contribution in [0.2, 0.25) is 5.02 Å². The molecule has 0 radical (unpaired) electrons. The summed E-state index contributed by atoms with van der Waals surface area (Å²) < 4.78 is 0. The van der Waals surface area contributed by atoms with E-state index in [0.29, 0.717) is 12.0 Å². The molecule has 0 spiro atoms. The highest BCUT2D eigenvalue weighted by Gasteiger charge is 2.30. The van der Waals surface area contributed by atoms with Crippen LogP contribution in [-0.2, 0) is 0 Å². The Morgan fingerprint density at radius 1 is 1.05 bits per heavy atom. The quantitative estimate of drug-likeness (QED) is 0.875. The minimum absolute atomic E-state index is 0.572. The summed E-state index contributed by atoms with van der Waals surface area (Å²) in [5, 5.41) is 4.45. The first kappa shape index (κ1) is 14.3. The van der Waals surface area contributed by atoms with Crippen LogP contribution in [0.3, 0.4) is 0 Å². The highest BCUT2D eigenvalue weighted by atomic mass is 35.5. The smallest absolute Gasteiger partial charge is 0.0406 e. The lowest BCUT2D eigenvalue weighted by atomic mass is 9.76. The molecule has 0 bridgehead atoms. The van der Waals surface area contributed by atoms with Gasteiger partial charge in [-0.1, -0.05) is 29.8 Å². The lowest BCUT2D eigenvalue weighted by Gasteiger charge is -2.37. The van der Waals surface area contributed by atoms with Gasteiger partial charge in [-0.05, 0) is 54.7 Å². The van der Waals surface area contributed by atoms with E-state index in [4.69, 9.17) is 11.6 Å². The van der Waals surface area contributed by atoms with E-state index in [1.54, 1.807) is 0 Å². The van der Waals surface area contributed by atoms with Crippen LogP contribution in [-0.4, -0.2) is 20.1 Å². The molecule has 1 fully saturated rings. The molecule has 2 aromatic rings. The third-order valence-electron chi connectivity index (χ3n) is 4.21. The molecule has 1 aliphatic carbocycles. The van der Waals surface area contributed by atoms with E-state index in [0.717, 1.165) is 5.02 Å². The highest BCUT2D eigenvalue weighted by Crippen LogP contribution is 2.39. The maximum Gasteiger partial charge on any atom is 0.0406 e. The maximum atomic E-state index is 5.94. The largest absolute Gasteiger partial charge is 0.382 e. The molecular weight excluding hydrogens is 280 g/mol. The van der Waals surface area contributed by atoms with Gasteiger partial charge in [0.15, 0.2) is 0 Å². The topological polar surface area (TPSA) is 15.3 Å². The van der Waals surface area contributed by atoms with Crippen molar-refractivity contribution in [1.82, 2.24) is 0 Å². The summed E-state index contributed by atoms with van der Waals surface area (Å²) in [4.78, 5) is 2.13. The summed E-state index contributed by atoms with van der Waals surface area (Å²) in [5.41, 5.74) is 3.84. The van der Waals surface area contributed by atoms with Crippen molar-refractivity contribution in [3.8, 4) is 0 Å². The molecule has 0 saturated heterocycles. The van der Waals surface area contributed by atoms with Gasteiger partial charge in [0.2, 0.25) is 0 Å². The average molecular weight is 301 g/mol. The number of halogens is 1. The molecule has 1 N–H and O–H groups in total. The van der Waals surface area contributed by atoms with Crippen LogP contribution >= 0.6 is 11.6 Å². The number of hydrogen-bond acceptors (Lipinski definition) is 2. The molecule has 0 amide bonds. The molecule has 0 unspecified atom stereocenters. The summed E-state index contributed by atoms with van der Waals surface area (Å²) in [6, 6.07) is 17.4. The van der Waals surface area contributed by atoms with Crippen LogP contribution in [0.25, 0.3) is 0 Å². The Hall–Kier alpha value is -1.67.